The minimum Gasteiger partial charge on any atom is -0.390 e. The maximum atomic E-state index is 10.8. The fourth-order valence-electron chi connectivity index (χ4n) is 5.42. The SMILES string of the molecule is Cc1ccc(CNC23CC4CC(CC(O)(C4)C2)C3)cc1. The molecule has 2 N–H and O–H groups in total. The Labute approximate surface area is 121 Å². The monoisotopic (exact) mass is 271 g/mol. The Hall–Kier alpha value is -0.860. The largest absolute Gasteiger partial charge is 0.390 e. The van der Waals surface area contributed by atoms with Crippen LogP contribution in [0, 0.1) is 18.8 Å². The molecule has 0 spiro atoms. The quantitative estimate of drug-likeness (QED) is 0.885. The second-order valence-electron chi connectivity index (χ2n) is 7.80. The van der Waals surface area contributed by atoms with E-state index in [1.165, 1.54) is 30.4 Å². The van der Waals surface area contributed by atoms with Crippen molar-refractivity contribution >= 4 is 0 Å². The first-order valence-electron chi connectivity index (χ1n) is 8.07. The predicted octanol–water partition coefficient (Wildman–Crippen LogP) is 3.17. The zero-order chi connectivity index (χ0) is 13.8. The van der Waals surface area contributed by atoms with Crippen molar-refractivity contribution in [1.29, 1.82) is 0 Å². The first kappa shape index (κ1) is 12.8. The van der Waals surface area contributed by atoms with Crippen LogP contribution in [0.15, 0.2) is 24.3 Å². The number of aryl methyl sites for hydroxylation is 1. The van der Waals surface area contributed by atoms with Crippen LogP contribution in [-0.2, 0) is 6.54 Å². The zero-order valence-corrected chi connectivity index (χ0v) is 12.4. The summed E-state index contributed by atoms with van der Waals surface area (Å²) in [5.41, 5.74) is 2.53. The van der Waals surface area contributed by atoms with Crippen molar-refractivity contribution in [1.82, 2.24) is 5.32 Å². The van der Waals surface area contributed by atoms with Crippen molar-refractivity contribution < 1.29 is 5.11 Å². The van der Waals surface area contributed by atoms with Gasteiger partial charge in [-0.2, -0.15) is 0 Å². The van der Waals surface area contributed by atoms with Gasteiger partial charge in [-0.1, -0.05) is 29.8 Å². The third-order valence-electron chi connectivity index (χ3n) is 5.82. The number of aliphatic hydroxyl groups is 1. The molecule has 1 aromatic carbocycles. The Bertz CT molecular complexity index is 493. The van der Waals surface area contributed by atoms with Crippen LogP contribution in [0.3, 0.4) is 0 Å². The van der Waals surface area contributed by atoms with Crippen molar-refractivity contribution in [2.24, 2.45) is 11.8 Å². The van der Waals surface area contributed by atoms with E-state index in [1.807, 2.05) is 0 Å². The highest BCUT2D eigenvalue weighted by Crippen LogP contribution is 2.57. The molecule has 0 aromatic heterocycles. The Morgan fingerprint density at radius 3 is 2.35 bits per heavy atom. The molecule has 2 atom stereocenters. The van der Waals surface area contributed by atoms with Crippen LogP contribution in [0.25, 0.3) is 0 Å². The zero-order valence-electron chi connectivity index (χ0n) is 12.4. The Morgan fingerprint density at radius 1 is 1.10 bits per heavy atom. The van der Waals surface area contributed by atoms with Crippen LogP contribution in [-0.4, -0.2) is 16.2 Å². The number of hydrogen-bond donors (Lipinski definition) is 2. The van der Waals surface area contributed by atoms with Crippen LogP contribution >= 0.6 is 0 Å². The van der Waals surface area contributed by atoms with Crippen LogP contribution < -0.4 is 5.32 Å². The summed E-state index contributed by atoms with van der Waals surface area (Å²) in [6.45, 7) is 3.07. The normalized spacial score (nSPS) is 42.1. The first-order chi connectivity index (χ1) is 9.54. The summed E-state index contributed by atoms with van der Waals surface area (Å²) < 4.78 is 0. The molecule has 2 unspecified atom stereocenters. The Balaban J connectivity index is 1.49. The molecule has 2 nitrogen and oxygen atoms in total. The van der Waals surface area contributed by atoms with E-state index in [4.69, 9.17) is 0 Å². The molecule has 4 fully saturated rings. The summed E-state index contributed by atoms with van der Waals surface area (Å²) in [6, 6.07) is 8.81. The molecular formula is C18H25NO. The third-order valence-corrected chi connectivity index (χ3v) is 5.82. The average Bonchev–Trinajstić information content (AvgIpc) is 2.35. The van der Waals surface area contributed by atoms with Gasteiger partial charge < -0.3 is 10.4 Å². The Kier molecular flexibility index (Phi) is 2.77. The molecule has 0 amide bonds. The topological polar surface area (TPSA) is 32.3 Å². The lowest BCUT2D eigenvalue weighted by Gasteiger charge is -2.60. The van der Waals surface area contributed by atoms with Gasteiger partial charge in [-0.25, -0.2) is 0 Å². The summed E-state index contributed by atoms with van der Waals surface area (Å²) in [6.07, 6.45) is 6.99. The minimum atomic E-state index is -0.357. The molecule has 4 saturated carbocycles. The van der Waals surface area contributed by atoms with Crippen LogP contribution in [0.5, 0.6) is 0 Å². The van der Waals surface area contributed by atoms with Gasteiger partial charge in [0.05, 0.1) is 5.60 Å². The van der Waals surface area contributed by atoms with E-state index in [1.54, 1.807) is 0 Å². The number of benzene rings is 1. The predicted molar refractivity (Wildman–Crippen MR) is 80.4 cm³/mol. The summed E-state index contributed by atoms with van der Waals surface area (Å²) in [5.74, 6) is 1.51. The molecular weight excluding hydrogens is 246 g/mol. The van der Waals surface area contributed by atoms with Crippen LogP contribution in [0.1, 0.15) is 49.7 Å². The number of nitrogens with one attached hydrogen (secondary N) is 1. The standard InChI is InChI=1S/C18H25NO/c1-13-2-4-14(5-3-13)11-19-17-7-15-6-16(8-17)10-18(20,9-15)12-17/h2-5,15-16,19-20H,6-12H2,1H3. The second-order valence-corrected chi connectivity index (χ2v) is 7.80. The highest BCUT2D eigenvalue weighted by atomic mass is 16.3. The van der Waals surface area contributed by atoms with E-state index in [0.717, 1.165) is 37.6 Å². The molecule has 0 heterocycles. The van der Waals surface area contributed by atoms with Crippen molar-refractivity contribution in [3.63, 3.8) is 0 Å². The molecule has 5 rings (SSSR count). The van der Waals surface area contributed by atoms with E-state index in [-0.39, 0.29) is 11.1 Å². The fourth-order valence-corrected chi connectivity index (χ4v) is 5.42. The van der Waals surface area contributed by atoms with Gasteiger partial charge in [0.1, 0.15) is 0 Å². The van der Waals surface area contributed by atoms with Crippen LogP contribution in [0.2, 0.25) is 0 Å². The molecule has 4 aliphatic rings. The van der Waals surface area contributed by atoms with E-state index >= 15 is 0 Å². The summed E-state index contributed by atoms with van der Waals surface area (Å²) in [5, 5.41) is 14.6. The maximum Gasteiger partial charge on any atom is 0.0670 e. The van der Waals surface area contributed by atoms with Crippen LogP contribution in [0.4, 0.5) is 0 Å². The van der Waals surface area contributed by atoms with Crippen molar-refractivity contribution in [2.45, 2.75) is 63.1 Å². The fraction of sp³-hybridized carbons (Fsp3) is 0.667. The number of hydrogen-bond acceptors (Lipinski definition) is 2. The average molecular weight is 271 g/mol. The van der Waals surface area contributed by atoms with E-state index in [2.05, 4.69) is 36.5 Å². The molecule has 4 bridgehead atoms. The number of rotatable bonds is 3. The molecule has 2 heteroatoms. The highest BCUT2D eigenvalue weighted by molar-refractivity contribution is 5.22. The Morgan fingerprint density at radius 2 is 1.75 bits per heavy atom. The molecule has 20 heavy (non-hydrogen) atoms. The van der Waals surface area contributed by atoms with Crippen molar-refractivity contribution in [3.8, 4) is 0 Å². The van der Waals surface area contributed by atoms with Gasteiger partial charge in [0.2, 0.25) is 0 Å². The van der Waals surface area contributed by atoms with Gasteiger partial charge in [-0.3, -0.25) is 0 Å². The second kappa shape index (κ2) is 4.32. The molecule has 4 aliphatic carbocycles. The molecule has 0 saturated heterocycles. The van der Waals surface area contributed by atoms with E-state index < -0.39 is 0 Å². The van der Waals surface area contributed by atoms with Gasteiger partial charge in [-0.05, 0) is 62.8 Å². The molecule has 1 aromatic rings. The molecule has 0 aliphatic heterocycles. The minimum absolute atomic E-state index is 0.212. The van der Waals surface area contributed by atoms with Crippen molar-refractivity contribution in [2.75, 3.05) is 0 Å². The lowest BCUT2D eigenvalue weighted by atomic mass is 9.51. The molecule has 108 valence electrons. The van der Waals surface area contributed by atoms with Crippen molar-refractivity contribution in [3.05, 3.63) is 35.4 Å². The van der Waals surface area contributed by atoms with Gasteiger partial charge in [0.25, 0.3) is 0 Å². The van der Waals surface area contributed by atoms with Gasteiger partial charge >= 0.3 is 0 Å². The first-order valence-corrected chi connectivity index (χ1v) is 8.07. The summed E-state index contributed by atoms with van der Waals surface area (Å²) >= 11 is 0. The van der Waals surface area contributed by atoms with Gasteiger partial charge in [-0.15, -0.1) is 0 Å². The highest BCUT2D eigenvalue weighted by Gasteiger charge is 2.56. The molecule has 0 radical (unpaired) electrons. The third kappa shape index (κ3) is 2.19. The van der Waals surface area contributed by atoms with Gasteiger partial charge in [0.15, 0.2) is 0 Å². The lowest BCUT2D eigenvalue weighted by molar-refractivity contribution is -0.142. The maximum absolute atomic E-state index is 10.8. The smallest absolute Gasteiger partial charge is 0.0670 e. The summed E-state index contributed by atoms with van der Waals surface area (Å²) in [4.78, 5) is 0. The van der Waals surface area contributed by atoms with Gasteiger partial charge in [0, 0.05) is 12.1 Å². The summed E-state index contributed by atoms with van der Waals surface area (Å²) in [7, 11) is 0. The van der Waals surface area contributed by atoms with E-state index in [0.29, 0.717) is 0 Å². The lowest BCUT2D eigenvalue weighted by Crippen LogP contribution is -2.64. The van der Waals surface area contributed by atoms with E-state index in [9.17, 15) is 5.11 Å².